The molecule has 0 saturated carbocycles. The molecule has 4 nitrogen and oxygen atoms in total. The Morgan fingerprint density at radius 3 is 2.28 bits per heavy atom. The molecule has 2 aromatic rings. The Labute approximate surface area is 154 Å². The van der Waals surface area contributed by atoms with Crippen LogP contribution in [0, 0.1) is 0 Å². The molecule has 0 aromatic heterocycles. The van der Waals surface area contributed by atoms with Crippen LogP contribution in [0.1, 0.15) is 25.0 Å². The normalized spacial score (nSPS) is 11.2. The van der Waals surface area contributed by atoms with Crippen molar-refractivity contribution < 1.29 is 9.53 Å². The number of halogens is 1. The van der Waals surface area contributed by atoms with Gasteiger partial charge in [0.1, 0.15) is 0 Å². The van der Waals surface area contributed by atoms with Crippen molar-refractivity contribution in [3.8, 4) is 0 Å². The first-order chi connectivity index (χ1) is 12.1. The molecule has 0 spiro atoms. The van der Waals surface area contributed by atoms with E-state index in [0.29, 0.717) is 30.6 Å². The molecule has 2 amide bonds. The van der Waals surface area contributed by atoms with Gasteiger partial charge in [-0.3, -0.25) is 0 Å². The maximum absolute atomic E-state index is 12.3. The van der Waals surface area contributed by atoms with Crippen LogP contribution in [-0.4, -0.2) is 36.5 Å². The van der Waals surface area contributed by atoms with Crippen molar-refractivity contribution in [2.75, 3.05) is 19.7 Å². The molecule has 5 heteroatoms. The maximum Gasteiger partial charge on any atom is 0.346 e. The van der Waals surface area contributed by atoms with Crippen LogP contribution >= 0.6 is 11.6 Å². The van der Waals surface area contributed by atoms with Gasteiger partial charge in [-0.15, -0.1) is 0 Å². The smallest absolute Gasteiger partial charge is 0.346 e. The third-order valence-corrected chi connectivity index (χ3v) is 4.05. The van der Waals surface area contributed by atoms with Gasteiger partial charge < -0.3 is 9.64 Å². The molecule has 0 radical (unpaired) electrons. The van der Waals surface area contributed by atoms with E-state index in [1.807, 2.05) is 44.2 Å². The van der Waals surface area contributed by atoms with Gasteiger partial charge in [-0.05, 0) is 43.7 Å². The summed E-state index contributed by atoms with van der Waals surface area (Å²) in [6.45, 7) is 5.51. The summed E-state index contributed by atoms with van der Waals surface area (Å²) in [6.07, 6.45) is 0.743. The van der Waals surface area contributed by atoms with Crippen molar-refractivity contribution in [2.24, 2.45) is 4.99 Å². The molecule has 2 aromatic carbocycles. The number of aliphatic imine (C=N–C) groups is 1. The van der Waals surface area contributed by atoms with Crippen molar-refractivity contribution in [3.63, 3.8) is 0 Å². The van der Waals surface area contributed by atoms with Crippen LogP contribution in [0.2, 0.25) is 5.02 Å². The van der Waals surface area contributed by atoms with Crippen molar-refractivity contribution in [1.82, 2.24) is 4.90 Å². The van der Waals surface area contributed by atoms with Crippen molar-refractivity contribution in [2.45, 2.75) is 20.3 Å². The fraction of sp³-hybridized carbons (Fsp3) is 0.300. The first kappa shape index (κ1) is 19.0. The average molecular weight is 359 g/mol. The van der Waals surface area contributed by atoms with Gasteiger partial charge in [0.25, 0.3) is 0 Å². The highest BCUT2D eigenvalue weighted by Gasteiger charge is 2.13. The number of carbonyl (C=O) groups is 1. The van der Waals surface area contributed by atoms with Crippen LogP contribution < -0.4 is 0 Å². The van der Waals surface area contributed by atoms with E-state index in [0.717, 1.165) is 12.0 Å². The minimum Gasteiger partial charge on any atom is -0.477 e. The molecule has 132 valence electrons. The number of urea groups is 1. The third kappa shape index (κ3) is 5.91. The lowest BCUT2D eigenvalue weighted by Crippen LogP contribution is -2.29. The molecule has 0 aliphatic carbocycles. The van der Waals surface area contributed by atoms with Gasteiger partial charge in [-0.1, -0.05) is 41.9 Å². The monoisotopic (exact) mass is 358 g/mol. The van der Waals surface area contributed by atoms with Gasteiger partial charge in [0.15, 0.2) is 0 Å². The van der Waals surface area contributed by atoms with Crippen LogP contribution in [0.5, 0.6) is 0 Å². The summed E-state index contributed by atoms with van der Waals surface area (Å²) in [7, 11) is 0. The standard InChI is InChI=1S/C20H23ClN2O2/c1-3-23(4-2)20(24)22-19(17-10-12-18(21)13-11-17)25-15-14-16-8-6-5-7-9-16/h5-13H,3-4,14-15H2,1-2H3/b22-19+. The Morgan fingerprint density at radius 2 is 1.68 bits per heavy atom. The van der Waals surface area contributed by atoms with Crippen LogP contribution in [0.3, 0.4) is 0 Å². The number of amides is 2. The van der Waals surface area contributed by atoms with E-state index in [9.17, 15) is 4.79 Å². The summed E-state index contributed by atoms with van der Waals surface area (Å²) < 4.78 is 5.84. The van der Waals surface area contributed by atoms with Crippen molar-refractivity contribution >= 4 is 23.5 Å². The second kappa shape index (κ2) is 9.84. The van der Waals surface area contributed by atoms with Gasteiger partial charge in [0, 0.05) is 30.1 Å². The summed E-state index contributed by atoms with van der Waals surface area (Å²) >= 11 is 5.95. The van der Waals surface area contributed by atoms with E-state index in [2.05, 4.69) is 4.99 Å². The van der Waals surface area contributed by atoms with E-state index in [4.69, 9.17) is 16.3 Å². The molecular weight excluding hydrogens is 336 g/mol. The number of rotatable bonds is 6. The molecule has 0 unspecified atom stereocenters. The maximum atomic E-state index is 12.3. The Balaban J connectivity index is 2.14. The minimum atomic E-state index is -0.297. The highest BCUT2D eigenvalue weighted by Crippen LogP contribution is 2.12. The molecule has 0 N–H and O–H groups in total. The predicted octanol–water partition coefficient (Wildman–Crippen LogP) is 4.81. The van der Waals surface area contributed by atoms with Gasteiger partial charge in [-0.2, -0.15) is 4.99 Å². The van der Waals surface area contributed by atoms with Gasteiger partial charge >= 0.3 is 6.03 Å². The Morgan fingerprint density at radius 1 is 1.04 bits per heavy atom. The summed E-state index contributed by atoms with van der Waals surface area (Å²) in [4.78, 5) is 18.2. The quantitative estimate of drug-likeness (QED) is 0.549. The van der Waals surface area contributed by atoms with Crippen LogP contribution in [0.4, 0.5) is 4.79 Å². The lowest BCUT2D eigenvalue weighted by atomic mass is 10.2. The van der Waals surface area contributed by atoms with E-state index < -0.39 is 0 Å². The summed E-state index contributed by atoms with van der Waals surface area (Å²) in [5, 5.41) is 0.627. The SMILES string of the molecule is CCN(CC)C(=O)/N=C(/OCCc1ccccc1)c1ccc(Cl)cc1. The molecule has 0 bridgehead atoms. The number of hydrogen-bond acceptors (Lipinski definition) is 2. The zero-order valence-electron chi connectivity index (χ0n) is 14.6. The highest BCUT2D eigenvalue weighted by atomic mass is 35.5. The molecule has 0 fully saturated rings. The molecule has 25 heavy (non-hydrogen) atoms. The fourth-order valence-electron chi connectivity index (χ4n) is 2.33. The van der Waals surface area contributed by atoms with Crippen LogP contribution in [0.25, 0.3) is 0 Å². The van der Waals surface area contributed by atoms with Gasteiger partial charge in [-0.25, -0.2) is 4.79 Å². The second-order valence-electron chi connectivity index (χ2n) is 5.46. The summed E-state index contributed by atoms with van der Waals surface area (Å²) in [6, 6.07) is 16.9. The molecule has 0 heterocycles. The van der Waals surface area contributed by atoms with Gasteiger partial charge in [0.05, 0.1) is 6.61 Å². The summed E-state index contributed by atoms with van der Waals surface area (Å²) in [5.41, 5.74) is 1.91. The minimum absolute atomic E-state index is 0.297. The Kier molecular flexibility index (Phi) is 7.48. The van der Waals surface area contributed by atoms with E-state index >= 15 is 0 Å². The van der Waals surface area contributed by atoms with Crippen molar-refractivity contribution in [1.29, 1.82) is 0 Å². The number of hydrogen-bond donors (Lipinski definition) is 0. The number of ether oxygens (including phenoxy) is 1. The van der Waals surface area contributed by atoms with Crippen LogP contribution in [0.15, 0.2) is 59.6 Å². The topological polar surface area (TPSA) is 41.9 Å². The third-order valence-electron chi connectivity index (χ3n) is 3.79. The lowest BCUT2D eigenvalue weighted by Gasteiger charge is -2.16. The average Bonchev–Trinajstić information content (AvgIpc) is 2.63. The molecule has 0 atom stereocenters. The number of benzene rings is 2. The molecular formula is C20H23ClN2O2. The zero-order chi connectivity index (χ0) is 18.1. The van der Waals surface area contributed by atoms with E-state index in [-0.39, 0.29) is 6.03 Å². The molecule has 0 aliphatic heterocycles. The van der Waals surface area contributed by atoms with Crippen molar-refractivity contribution in [3.05, 3.63) is 70.7 Å². The van der Waals surface area contributed by atoms with Crippen LogP contribution in [-0.2, 0) is 11.2 Å². The molecule has 0 aliphatic rings. The highest BCUT2D eigenvalue weighted by molar-refractivity contribution is 6.30. The second-order valence-corrected chi connectivity index (χ2v) is 5.90. The first-order valence-corrected chi connectivity index (χ1v) is 8.82. The first-order valence-electron chi connectivity index (χ1n) is 8.44. The van der Waals surface area contributed by atoms with Gasteiger partial charge in [0.2, 0.25) is 5.90 Å². The van der Waals surface area contributed by atoms with E-state index in [1.165, 1.54) is 5.56 Å². The Bertz CT molecular complexity index is 695. The largest absolute Gasteiger partial charge is 0.477 e. The number of carbonyl (C=O) groups excluding carboxylic acids is 1. The molecule has 0 saturated heterocycles. The lowest BCUT2D eigenvalue weighted by molar-refractivity contribution is 0.212. The zero-order valence-corrected chi connectivity index (χ0v) is 15.4. The number of nitrogens with zero attached hydrogens (tertiary/aromatic N) is 2. The molecule has 2 rings (SSSR count). The summed E-state index contributed by atoms with van der Waals surface area (Å²) in [5.74, 6) is 0.324. The predicted molar refractivity (Wildman–Crippen MR) is 102 cm³/mol. The fourth-order valence-corrected chi connectivity index (χ4v) is 2.46. The Hall–Kier alpha value is -2.33. The van der Waals surface area contributed by atoms with E-state index in [1.54, 1.807) is 29.2 Å².